The molecule has 0 spiro atoms. The molecule has 1 atom stereocenters. The van der Waals surface area contributed by atoms with Gasteiger partial charge in [-0.05, 0) is 62.9 Å². The third-order valence-corrected chi connectivity index (χ3v) is 7.22. The highest BCUT2D eigenvalue weighted by molar-refractivity contribution is 7.89. The van der Waals surface area contributed by atoms with Crippen LogP contribution in [0.3, 0.4) is 0 Å². The number of halogens is 1. The van der Waals surface area contributed by atoms with Crippen molar-refractivity contribution in [1.29, 1.82) is 0 Å². The first-order valence-corrected chi connectivity index (χ1v) is 10.8. The summed E-state index contributed by atoms with van der Waals surface area (Å²) in [4.78, 5) is 12.9. The second-order valence-electron chi connectivity index (χ2n) is 7.43. The number of aryl methyl sites for hydroxylation is 3. The van der Waals surface area contributed by atoms with Gasteiger partial charge in [-0.1, -0.05) is 23.8 Å². The number of benzene rings is 2. The lowest BCUT2D eigenvalue weighted by molar-refractivity contribution is -0.120. The van der Waals surface area contributed by atoms with Crippen molar-refractivity contribution >= 4 is 21.6 Å². The van der Waals surface area contributed by atoms with Crippen LogP contribution in [0, 0.1) is 32.5 Å². The van der Waals surface area contributed by atoms with E-state index >= 15 is 0 Å². The van der Waals surface area contributed by atoms with Crippen molar-refractivity contribution in [2.45, 2.75) is 38.5 Å². The maximum absolute atomic E-state index is 13.3. The van der Waals surface area contributed by atoms with Crippen LogP contribution in [0.5, 0.6) is 0 Å². The Morgan fingerprint density at radius 3 is 2.46 bits per heavy atom. The lowest BCUT2D eigenvalue weighted by Gasteiger charge is -2.32. The molecule has 1 amide bonds. The number of rotatable bonds is 4. The Balaban J connectivity index is 1.80. The fraction of sp³-hybridized carbons (Fsp3) is 0.381. The minimum Gasteiger partial charge on any atom is -0.326 e. The molecule has 5 nitrogen and oxygen atoms in total. The van der Waals surface area contributed by atoms with Gasteiger partial charge in [0.1, 0.15) is 5.82 Å². The van der Waals surface area contributed by atoms with Gasteiger partial charge in [-0.25, -0.2) is 12.8 Å². The minimum absolute atomic E-state index is 0.121. The van der Waals surface area contributed by atoms with E-state index in [1.807, 2.05) is 19.1 Å². The first-order valence-electron chi connectivity index (χ1n) is 9.33. The van der Waals surface area contributed by atoms with Crippen LogP contribution in [0.2, 0.25) is 0 Å². The van der Waals surface area contributed by atoms with E-state index in [-0.39, 0.29) is 12.5 Å². The fourth-order valence-corrected chi connectivity index (χ4v) is 5.82. The van der Waals surface area contributed by atoms with Gasteiger partial charge in [-0.15, -0.1) is 0 Å². The summed E-state index contributed by atoms with van der Waals surface area (Å²) in [6.07, 6.45) is 1.20. The molecule has 0 radical (unpaired) electrons. The first-order chi connectivity index (χ1) is 13.2. The predicted molar refractivity (Wildman–Crippen MR) is 107 cm³/mol. The van der Waals surface area contributed by atoms with Gasteiger partial charge in [0.05, 0.1) is 10.8 Å². The Hall–Kier alpha value is -2.25. The van der Waals surface area contributed by atoms with Gasteiger partial charge in [0.15, 0.2) is 0 Å². The Morgan fingerprint density at radius 1 is 1.14 bits per heavy atom. The van der Waals surface area contributed by atoms with E-state index in [1.165, 1.54) is 22.5 Å². The van der Waals surface area contributed by atoms with Crippen molar-refractivity contribution in [2.75, 3.05) is 18.4 Å². The van der Waals surface area contributed by atoms with E-state index in [9.17, 15) is 17.6 Å². The lowest BCUT2D eigenvalue weighted by atomic mass is 9.98. The Kier molecular flexibility index (Phi) is 5.86. The third kappa shape index (κ3) is 4.25. The molecule has 0 saturated carbocycles. The van der Waals surface area contributed by atoms with Crippen molar-refractivity contribution in [1.82, 2.24) is 4.31 Å². The van der Waals surface area contributed by atoms with E-state index in [1.54, 1.807) is 19.9 Å². The molecule has 1 aliphatic heterocycles. The molecular weight excluding hydrogens is 379 g/mol. The number of anilines is 1. The number of piperidine rings is 1. The smallest absolute Gasteiger partial charge is 0.243 e. The zero-order chi connectivity index (χ0) is 20.5. The molecule has 1 heterocycles. The number of amides is 1. The van der Waals surface area contributed by atoms with Crippen molar-refractivity contribution < 1.29 is 17.6 Å². The highest BCUT2D eigenvalue weighted by Gasteiger charge is 2.34. The zero-order valence-corrected chi connectivity index (χ0v) is 17.1. The Bertz CT molecular complexity index is 981. The van der Waals surface area contributed by atoms with Gasteiger partial charge in [0.2, 0.25) is 15.9 Å². The van der Waals surface area contributed by atoms with Crippen LogP contribution in [-0.4, -0.2) is 31.7 Å². The maximum atomic E-state index is 13.3. The van der Waals surface area contributed by atoms with Gasteiger partial charge in [0.25, 0.3) is 0 Å². The summed E-state index contributed by atoms with van der Waals surface area (Å²) in [6, 6.07) is 9.39. The fourth-order valence-electron chi connectivity index (χ4n) is 3.89. The summed E-state index contributed by atoms with van der Waals surface area (Å²) in [5.41, 5.74) is 2.81. The maximum Gasteiger partial charge on any atom is 0.243 e. The van der Waals surface area contributed by atoms with Gasteiger partial charge in [-0.2, -0.15) is 4.31 Å². The van der Waals surface area contributed by atoms with E-state index in [4.69, 9.17) is 0 Å². The van der Waals surface area contributed by atoms with Gasteiger partial charge in [-0.3, -0.25) is 4.79 Å². The quantitative estimate of drug-likeness (QED) is 0.843. The molecule has 2 aromatic carbocycles. The lowest BCUT2D eigenvalue weighted by Crippen LogP contribution is -2.44. The number of hydrogen-bond donors (Lipinski definition) is 1. The number of nitrogens with zero attached hydrogens (tertiary/aromatic N) is 1. The molecule has 1 saturated heterocycles. The van der Waals surface area contributed by atoms with Crippen LogP contribution < -0.4 is 5.32 Å². The van der Waals surface area contributed by atoms with E-state index < -0.39 is 21.8 Å². The second kappa shape index (κ2) is 8.01. The number of hydrogen-bond acceptors (Lipinski definition) is 3. The molecule has 0 aliphatic carbocycles. The monoisotopic (exact) mass is 404 g/mol. The van der Waals surface area contributed by atoms with Crippen LogP contribution in [0.15, 0.2) is 41.3 Å². The molecule has 0 bridgehead atoms. The van der Waals surface area contributed by atoms with Crippen LogP contribution in [0.25, 0.3) is 0 Å². The molecule has 1 N–H and O–H groups in total. The summed E-state index contributed by atoms with van der Waals surface area (Å²) in [5.74, 6) is -1.20. The molecule has 7 heteroatoms. The first kappa shape index (κ1) is 20.5. The average molecular weight is 405 g/mol. The summed E-state index contributed by atoms with van der Waals surface area (Å²) in [7, 11) is -3.69. The Morgan fingerprint density at radius 2 is 1.82 bits per heavy atom. The summed E-state index contributed by atoms with van der Waals surface area (Å²) >= 11 is 0. The van der Waals surface area contributed by atoms with Crippen LogP contribution >= 0.6 is 0 Å². The molecule has 28 heavy (non-hydrogen) atoms. The van der Waals surface area contributed by atoms with Gasteiger partial charge >= 0.3 is 0 Å². The van der Waals surface area contributed by atoms with Crippen molar-refractivity contribution in [2.24, 2.45) is 5.92 Å². The molecule has 150 valence electrons. The van der Waals surface area contributed by atoms with Crippen molar-refractivity contribution in [3.8, 4) is 0 Å². The standard InChI is InChI=1S/C21H25FN2O3S/c1-14-10-15(2)20(16(3)11-14)28(26,27)24-9-5-6-17(13-24)21(25)23-19-8-4-7-18(22)12-19/h4,7-8,10-12,17H,5-6,9,13H2,1-3H3,(H,23,25)/t17-/m0/s1. The average Bonchev–Trinajstić information content (AvgIpc) is 2.60. The van der Waals surface area contributed by atoms with E-state index in [0.29, 0.717) is 41.1 Å². The highest BCUT2D eigenvalue weighted by Crippen LogP contribution is 2.29. The van der Waals surface area contributed by atoms with Gasteiger partial charge < -0.3 is 5.32 Å². The molecule has 2 aromatic rings. The Labute approximate surface area is 165 Å². The molecule has 0 aromatic heterocycles. The number of carbonyl (C=O) groups excluding carboxylic acids is 1. The summed E-state index contributed by atoms with van der Waals surface area (Å²) < 4.78 is 41.2. The second-order valence-corrected chi connectivity index (χ2v) is 9.30. The van der Waals surface area contributed by atoms with Crippen LogP contribution in [0.1, 0.15) is 29.5 Å². The number of nitrogens with one attached hydrogen (secondary N) is 1. The van der Waals surface area contributed by atoms with E-state index in [0.717, 1.165) is 5.56 Å². The van der Waals surface area contributed by atoms with Crippen molar-refractivity contribution in [3.63, 3.8) is 0 Å². The van der Waals surface area contributed by atoms with Crippen molar-refractivity contribution in [3.05, 3.63) is 58.9 Å². The largest absolute Gasteiger partial charge is 0.326 e. The normalized spacial score (nSPS) is 18.1. The minimum atomic E-state index is -3.69. The van der Waals surface area contributed by atoms with Crippen LogP contribution in [0.4, 0.5) is 10.1 Å². The molecule has 1 fully saturated rings. The van der Waals surface area contributed by atoms with Gasteiger partial charge in [0, 0.05) is 18.8 Å². The molecule has 0 unspecified atom stereocenters. The third-order valence-electron chi connectivity index (χ3n) is 5.05. The zero-order valence-electron chi connectivity index (χ0n) is 16.3. The van der Waals surface area contributed by atoms with Crippen LogP contribution in [-0.2, 0) is 14.8 Å². The number of sulfonamides is 1. The SMILES string of the molecule is Cc1cc(C)c(S(=O)(=O)N2CCC[C@H](C(=O)Nc3cccc(F)c3)C2)c(C)c1. The summed E-state index contributed by atoms with van der Waals surface area (Å²) in [6.45, 7) is 6.04. The number of carbonyl (C=O) groups is 1. The molecule has 3 rings (SSSR count). The molecular formula is C21H25FN2O3S. The predicted octanol–water partition coefficient (Wildman–Crippen LogP) is 3.79. The topological polar surface area (TPSA) is 66.5 Å². The highest BCUT2D eigenvalue weighted by atomic mass is 32.2. The molecule has 1 aliphatic rings. The van der Waals surface area contributed by atoms with E-state index in [2.05, 4.69) is 5.32 Å². The summed E-state index contributed by atoms with van der Waals surface area (Å²) in [5, 5.41) is 2.69.